The van der Waals surface area contributed by atoms with Gasteiger partial charge in [0, 0.05) is 15.0 Å². The number of halogens is 1. The summed E-state index contributed by atoms with van der Waals surface area (Å²) in [5.41, 5.74) is 7.70. The fourth-order valence-electron chi connectivity index (χ4n) is 3.71. The van der Waals surface area contributed by atoms with Crippen LogP contribution in [-0.4, -0.2) is 0 Å². The zero-order valence-corrected chi connectivity index (χ0v) is 20.6. The van der Waals surface area contributed by atoms with Crippen molar-refractivity contribution in [1.82, 2.24) is 0 Å². The van der Waals surface area contributed by atoms with Gasteiger partial charge >= 0.3 is 0 Å². The highest BCUT2D eigenvalue weighted by Gasteiger charge is 2.26. The van der Waals surface area contributed by atoms with Crippen LogP contribution in [0.25, 0.3) is 0 Å². The van der Waals surface area contributed by atoms with Crippen molar-refractivity contribution in [2.75, 3.05) is 5.32 Å². The fourth-order valence-corrected chi connectivity index (χ4v) is 4.07. The van der Waals surface area contributed by atoms with Gasteiger partial charge in [-0.25, -0.2) is 0 Å². The third-order valence-corrected chi connectivity index (χ3v) is 6.04. The molecule has 2 rings (SSSR count). The van der Waals surface area contributed by atoms with Crippen LogP contribution >= 0.6 is 22.6 Å². The van der Waals surface area contributed by atoms with E-state index in [1.807, 2.05) is 0 Å². The molecule has 0 saturated carbocycles. The number of nitrogens with one attached hydrogen (secondary N) is 1. The van der Waals surface area contributed by atoms with E-state index in [1.54, 1.807) is 5.57 Å². The summed E-state index contributed by atoms with van der Waals surface area (Å²) in [5, 5.41) is 3.33. The summed E-state index contributed by atoms with van der Waals surface area (Å²) in [4.78, 5) is 0. The second-order valence-electron chi connectivity index (χ2n) is 8.58. The minimum absolute atomic E-state index is 0.290. The van der Waals surface area contributed by atoms with Crippen LogP contribution in [-0.2, 0) is 0 Å². The number of allylic oxidation sites excluding steroid dienone is 10. The van der Waals surface area contributed by atoms with E-state index in [4.69, 9.17) is 0 Å². The lowest BCUT2D eigenvalue weighted by Crippen LogP contribution is -2.19. The van der Waals surface area contributed by atoms with Crippen LogP contribution in [0, 0.1) is 8.99 Å². The maximum absolute atomic E-state index is 4.10. The molecule has 1 aliphatic rings. The minimum atomic E-state index is 0.290. The molecule has 1 N–H and O–H groups in total. The summed E-state index contributed by atoms with van der Waals surface area (Å²) in [6.07, 6.45) is 16.8. The van der Waals surface area contributed by atoms with Crippen LogP contribution < -0.4 is 5.32 Å². The van der Waals surface area contributed by atoms with E-state index < -0.39 is 0 Å². The van der Waals surface area contributed by atoms with E-state index in [0.29, 0.717) is 5.41 Å². The minimum Gasteiger partial charge on any atom is -0.356 e. The molecule has 29 heavy (non-hydrogen) atoms. The van der Waals surface area contributed by atoms with Crippen molar-refractivity contribution < 1.29 is 0 Å². The molecule has 0 radical (unpaired) electrons. The smallest absolute Gasteiger partial charge is 0.0384 e. The first-order chi connectivity index (χ1) is 13.7. The van der Waals surface area contributed by atoms with E-state index in [-0.39, 0.29) is 0 Å². The number of rotatable bonds is 7. The van der Waals surface area contributed by atoms with Gasteiger partial charge in [-0.2, -0.15) is 0 Å². The molecule has 1 aromatic carbocycles. The molecule has 1 aliphatic carbocycles. The number of hydrogen-bond acceptors (Lipinski definition) is 1. The molecule has 1 aromatic rings. The first kappa shape index (κ1) is 23.5. The quantitative estimate of drug-likeness (QED) is 0.292. The van der Waals surface area contributed by atoms with Gasteiger partial charge in [0.25, 0.3) is 0 Å². The van der Waals surface area contributed by atoms with Crippen molar-refractivity contribution in [2.24, 2.45) is 5.41 Å². The summed E-state index contributed by atoms with van der Waals surface area (Å²) < 4.78 is 1.23. The number of anilines is 1. The molecule has 1 nitrogen and oxygen atoms in total. The van der Waals surface area contributed by atoms with Gasteiger partial charge in [-0.15, -0.1) is 0 Å². The average Bonchev–Trinajstić information content (AvgIpc) is 2.62. The zero-order chi connectivity index (χ0) is 21.4. The Labute approximate surface area is 191 Å². The molecule has 0 heterocycles. The summed E-state index contributed by atoms with van der Waals surface area (Å²) in [5.74, 6) is 0. The Balaban J connectivity index is 1.95. The Kier molecular flexibility index (Phi) is 8.76. The highest BCUT2D eigenvalue weighted by molar-refractivity contribution is 14.1. The van der Waals surface area contributed by atoms with Crippen LogP contribution in [0.1, 0.15) is 53.9 Å². The van der Waals surface area contributed by atoms with Gasteiger partial charge in [0.2, 0.25) is 0 Å². The first-order valence-electron chi connectivity index (χ1n) is 10.3. The standard InChI is InChI=1S/C27H34IN/c1-20(12-17-26-22(3)11-8-18-27(26,5)6)9-7-10-21(2)19-23(4)29-25-15-13-24(28)14-16-25/h7,9-10,12-17,19,29H,4,8,11,18H2,1-3,5-6H3/b10-7+,17-12+,20-9+,21-19+. The van der Waals surface area contributed by atoms with Gasteiger partial charge in [0.05, 0.1) is 0 Å². The molecular formula is C27H34IN. The summed E-state index contributed by atoms with van der Waals surface area (Å²) in [7, 11) is 0. The summed E-state index contributed by atoms with van der Waals surface area (Å²) in [6.45, 7) is 15.4. The Morgan fingerprint density at radius 2 is 1.79 bits per heavy atom. The molecule has 0 bridgehead atoms. The van der Waals surface area contributed by atoms with Gasteiger partial charge in [0.15, 0.2) is 0 Å². The third kappa shape index (κ3) is 7.85. The van der Waals surface area contributed by atoms with E-state index in [0.717, 1.165) is 17.0 Å². The lowest BCUT2D eigenvalue weighted by molar-refractivity contribution is 0.377. The first-order valence-corrected chi connectivity index (χ1v) is 11.4. The molecule has 0 saturated heterocycles. The predicted octanol–water partition coefficient (Wildman–Crippen LogP) is 8.75. The number of benzene rings is 1. The Morgan fingerprint density at radius 3 is 2.45 bits per heavy atom. The topological polar surface area (TPSA) is 12.0 Å². The largest absolute Gasteiger partial charge is 0.356 e. The molecule has 0 atom stereocenters. The molecule has 0 fully saturated rings. The third-order valence-electron chi connectivity index (χ3n) is 5.32. The van der Waals surface area contributed by atoms with Crippen LogP contribution in [0.5, 0.6) is 0 Å². The van der Waals surface area contributed by atoms with Gasteiger partial charge in [-0.05, 0) is 110 Å². The zero-order valence-electron chi connectivity index (χ0n) is 18.5. The van der Waals surface area contributed by atoms with Crippen molar-refractivity contribution in [3.8, 4) is 0 Å². The van der Waals surface area contributed by atoms with Gasteiger partial charge in [-0.3, -0.25) is 0 Å². The van der Waals surface area contributed by atoms with Crippen molar-refractivity contribution >= 4 is 28.3 Å². The van der Waals surface area contributed by atoms with E-state index >= 15 is 0 Å². The monoisotopic (exact) mass is 499 g/mol. The predicted molar refractivity (Wildman–Crippen MR) is 138 cm³/mol. The molecule has 0 amide bonds. The molecule has 0 spiro atoms. The molecule has 0 aromatic heterocycles. The lowest BCUT2D eigenvalue weighted by Gasteiger charge is -2.32. The highest BCUT2D eigenvalue weighted by atomic mass is 127. The van der Waals surface area contributed by atoms with E-state index in [9.17, 15) is 0 Å². The molecular weight excluding hydrogens is 465 g/mol. The lowest BCUT2D eigenvalue weighted by atomic mass is 9.72. The van der Waals surface area contributed by atoms with Crippen molar-refractivity contribution in [3.05, 3.63) is 98.9 Å². The Morgan fingerprint density at radius 1 is 1.10 bits per heavy atom. The van der Waals surface area contributed by atoms with Gasteiger partial charge in [-0.1, -0.05) is 62.0 Å². The number of hydrogen-bond donors (Lipinski definition) is 1. The summed E-state index contributed by atoms with van der Waals surface area (Å²) in [6, 6.07) is 8.30. The van der Waals surface area contributed by atoms with Crippen LogP contribution in [0.2, 0.25) is 0 Å². The maximum atomic E-state index is 4.10. The van der Waals surface area contributed by atoms with Crippen LogP contribution in [0.3, 0.4) is 0 Å². The van der Waals surface area contributed by atoms with Gasteiger partial charge in [0.1, 0.15) is 0 Å². The maximum Gasteiger partial charge on any atom is 0.0384 e. The average molecular weight is 499 g/mol. The second kappa shape index (κ2) is 10.8. The SMILES string of the molecule is C=C(/C=C(C)/C=C/C=C(C)/C=C/C1=C(C)CCCC1(C)C)Nc1ccc(I)cc1. The Bertz CT molecular complexity index is 874. The second-order valence-corrected chi connectivity index (χ2v) is 9.83. The van der Waals surface area contributed by atoms with Crippen LogP contribution in [0.15, 0.2) is 95.3 Å². The molecule has 0 unspecified atom stereocenters. The van der Waals surface area contributed by atoms with Crippen molar-refractivity contribution in [1.29, 1.82) is 0 Å². The summed E-state index contributed by atoms with van der Waals surface area (Å²) >= 11 is 2.31. The normalized spacial score (nSPS) is 18.0. The highest BCUT2D eigenvalue weighted by Crippen LogP contribution is 2.40. The Hall–Kier alpha value is -1.81. The van der Waals surface area contributed by atoms with Crippen LogP contribution in [0.4, 0.5) is 5.69 Å². The van der Waals surface area contributed by atoms with E-state index in [1.165, 1.54) is 34.0 Å². The van der Waals surface area contributed by atoms with Crippen molar-refractivity contribution in [2.45, 2.75) is 53.9 Å². The molecule has 0 aliphatic heterocycles. The molecule has 154 valence electrons. The fraction of sp³-hybridized carbons (Fsp3) is 0.333. The van der Waals surface area contributed by atoms with Crippen molar-refractivity contribution in [3.63, 3.8) is 0 Å². The molecule has 2 heteroatoms. The van der Waals surface area contributed by atoms with E-state index in [2.05, 4.69) is 130 Å². The van der Waals surface area contributed by atoms with Gasteiger partial charge < -0.3 is 5.32 Å².